The summed E-state index contributed by atoms with van der Waals surface area (Å²) in [7, 11) is 0. The van der Waals surface area contributed by atoms with Gasteiger partial charge in [-0.1, -0.05) is 53.2 Å². The van der Waals surface area contributed by atoms with E-state index in [-0.39, 0.29) is 0 Å². The van der Waals surface area contributed by atoms with Gasteiger partial charge in [0.25, 0.3) is 0 Å². The molecule has 112 valence electrons. The summed E-state index contributed by atoms with van der Waals surface area (Å²) in [5.41, 5.74) is 2.70. The van der Waals surface area contributed by atoms with Gasteiger partial charge >= 0.3 is 0 Å². The van der Waals surface area contributed by atoms with Crippen molar-refractivity contribution in [3.8, 4) is 0 Å². The minimum atomic E-state index is 0.411. The maximum absolute atomic E-state index is 3.61. The quantitative estimate of drug-likeness (QED) is 0.623. The number of thioether (sulfide) groups is 1. The molecule has 3 heteroatoms. The van der Waals surface area contributed by atoms with E-state index in [1.807, 2.05) is 11.8 Å². The molecule has 1 N–H and O–H groups in total. The third kappa shape index (κ3) is 5.17. The molecule has 0 aliphatic heterocycles. The van der Waals surface area contributed by atoms with Crippen molar-refractivity contribution in [3.63, 3.8) is 0 Å². The fourth-order valence-electron chi connectivity index (χ4n) is 2.13. The zero-order chi connectivity index (χ0) is 15.1. The van der Waals surface area contributed by atoms with Gasteiger partial charge in [-0.05, 0) is 49.2 Å². The smallest absolute Gasteiger partial charge is 0.0292 e. The van der Waals surface area contributed by atoms with Crippen molar-refractivity contribution in [1.29, 1.82) is 0 Å². The van der Waals surface area contributed by atoms with Gasteiger partial charge in [-0.25, -0.2) is 0 Å². The molecule has 0 amide bonds. The summed E-state index contributed by atoms with van der Waals surface area (Å²) in [5.74, 6) is 0.988. The first-order valence-electron chi connectivity index (χ1n) is 7.40. The molecule has 0 heterocycles. The van der Waals surface area contributed by atoms with Gasteiger partial charge in [0.05, 0.1) is 0 Å². The van der Waals surface area contributed by atoms with Crippen molar-refractivity contribution in [2.45, 2.75) is 37.0 Å². The van der Waals surface area contributed by atoms with Crippen LogP contribution in [-0.2, 0) is 5.75 Å². The predicted molar refractivity (Wildman–Crippen MR) is 96.9 cm³/mol. The topological polar surface area (TPSA) is 12.0 Å². The summed E-state index contributed by atoms with van der Waals surface area (Å²) in [6.45, 7) is 5.49. The number of halogens is 1. The van der Waals surface area contributed by atoms with Crippen LogP contribution in [0.4, 0.5) is 0 Å². The van der Waals surface area contributed by atoms with Gasteiger partial charge in [0.1, 0.15) is 0 Å². The molecule has 1 atom stereocenters. The van der Waals surface area contributed by atoms with Gasteiger partial charge in [0.15, 0.2) is 0 Å². The van der Waals surface area contributed by atoms with Gasteiger partial charge in [-0.15, -0.1) is 11.8 Å². The van der Waals surface area contributed by atoms with E-state index < -0.39 is 0 Å². The van der Waals surface area contributed by atoms with Crippen LogP contribution in [0.1, 0.15) is 37.4 Å². The number of nitrogens with one attached hydrogen (secondary N) is 1. The van der Waals surface area contributed by atoms with Gasteiger partial charge in [-0.3, -0.25) is 0 Å². The van der Waals surface area contributed by atoms with E-state index in [9.17, 15) is 0 Å². The number of hydrogen-bond donors (Lipinski definition) is 1. The van der Waals surface area contributed by atoms with Crippen molar-refractivity contribution in [2.24, 2.45) is 0 Å². The van der Waals surface area contributed by atoms with Crippen LogP contribution in [0.3, 0.4) is 0 Å². The van der Waals surface area contributed by atoms with Crippen LogP contribution in [0.5, 0.6) is 0 Å². The lowest BCUT2D eigenvalue weighted by Crippen LogP contribution is -2.19. The molecule has 2 aromatic rings. The molecule has 1 unspecified atom stereocenters. The second-order valence-corrected chi connectivity index (χ2v) is 7.03. The lowest BCUT2D eigenvalue weighted by atomic mass is 10.1. The van der Waals surface area contributed by atoms with Crippen LogP contribution >= 0.6 is 27.7 Å². The molecule has 2 aromatic carbocycles. The van der Waals surface area contributed by atoms with Crippen molar-refractivity contribution < 1.29 is 0 Å². The molecular weight excluding hydrogens is 342 g/mol. The number of benzene rings is 2. The Morgan fingerprint density at radius 3 is 2.71 bits per heavy atom. The first-order valence-corrected chi connectivity index (χ1v) is 9.18. The minimum Gasteiger partial charge on any atom is -0.310 e. The van der Waals surface area contributed by atoms with E-state index in [4.69, 9.17) is 0 Å². The highest BCUT2D eigenvalue weighted by atomic mass is 79.9. The minimum absolute atomic E-state index is 0.411. The van der Waals surface area contributed by atoms with E-state index >= 15 is 0 Å². The third-order valence-electron chi connectivity index (χ3n) is 3.41. The fraction of sp³-hybridized carbons (Fsp3) is 0.333. The Hall–Kier alpha value is -0.770. The van der Waals surface area contributed by atoms with Gasteiger partial charge in [-0.2, -0.15) is 0 Å². The average Bonchev–Trinajstić information content (AvgIpc) is 2.52. The monoisotopic (exact) mass is 363 g/mol. The molecular formula is C18H22BrNS. The molecule has 0 saturated heterocycles. The number of hydrogen-bond acceptors (Lipinski definition) is 2. The first-order chi connectivity index (χ1) is 10.2. The van der Waals surface area contributed by atoms with Crippen molar-refractivity contribution >= 4 is 27.7 Å². The van der Waals surface area contributed by atoms with E-state index in [0.29, 0.717) is 6.04 Å². The van der Waals surface area contributed by atoms with Crippen molar-refractivity contribution in [2.75, 3.05) is 6.54 Å². The van der Waals surface area contributed by atoms with E-state index in [2.05, 4.69) is 83.6 Å². The highest BCUT2D eigenvalue weighted by molar-refractivity contribution is 9.10. The van der Waals surface area contributed by atoms with Crippen LogP contribution in [0.2, 0.25) is 0 Å². The molecule has 0 aliphatic carbocycles. The van der Waals surface area contributed by atoms with Crippen LogP contribution < -0.4 is 5.32 Å². The van der Waals surface area contributed by atoms with E-state index in [1.165, 1.54) is 26.9 Å². The Morgan fingerprint density at radius 2 is 1.95 bits per heavy atom. The Bertz CT molecular complexity index is 571. The molecule has 0 fully saturated rings. The summed E-state index contributed by atoms with van der Waals surface area (Å²) in [6, 6.07) is 17.7. The van der Waals surface area contributed by atoms with Gasteiger partial charge < -0.3 is 5.32 Å². The van der Waals surface area contributed by atoms with Crippen LogP contribution in [-0.4, -0.2) is 6.54 Å². The summed E-state index contributed by atoms with van der Waals surface area (Å²) < 4.78 is 1.19. The third-order valence-corrected chi connectivity index (χ3v) is 5.23. The van der Waals surface area contributed by atoms with Gasteiger partial charge in [0.2, 0.25) is 0 Å². The first kappa shape index (κ1) is 16.6. The molecule has 0 aromatic heterocycles. The van der Waals surface area contributed by atoms with E-state index in [0.717, 1.165) is 12.3 Å². The highest BCUT2D eigenvalue weighted by Gasteiger charge is 2.06. The SMILES string of the molecule is CCCNC(C)c1cccc(SCc2ccccc2Br)c1. The van der Waals surface area contributed by atoms with Crippen molar-refractivity contribution in [3.05, 3.63) is 64.1 Å². The molecule has 0 aliphatic rings. The maximum atomic E-state index is 3.61. The van der Waals surface area contributed by atoms with E-state index in [1.54, 1.807) is 0 Å². The summed E-state index contributed by atoms with van der Waals surface area (Å²) in [5, 5.41) is 3.54. The fourth-order valence-corrected chi connectivity index (χ4v) is 3.71. The van der Waals surface area contributed by atoms with Crippen LogP contribution in [0.25, 0.3) is 0 Å². The van der Waals surface area contributed by atoms with Crippen LogP contribution in [0, 0.1) is 0 Å². The summed E-state index contributed by atoms with van der Waals surface area (Å²) >= 11 is 5.50. The van der Waals surface area contributed by atoms with Crippen LogP contribution in [0.15, 0.2) is 57.9 Å². The van der Waals surface area contributed by atoms with Crippen molar-refractivity contribution in [1.82, 2.24) is 5.32 Å². The second kappa shape index (κ2) is 8.62. The Balaban J connectivity index is 1.99. The lowest BCUT2D eigenvalue weighted by molar-refractivity contribution is 0.570. The zero-order valence-electron chi connectivity index (χ0n) is 12.6. The Labute approximate surface area is 140 Å². The standard InChI is InChI=1S/C18H22BrNS/c1-3-11-20-14(2)15-8-6-9-17(12-15)21-13-16-7-4-5-10-18(16)19/h4-10,12,14,20H,3,11,13H2,1-2H3. The molecule has 0 radical (unpaired) electrons. The molecule has 0 saturated carbocycles. The lowest BCUT2D eigenvalue weighted by Gasteiger charge is -2.14. The summed E-state index contributed by atoms with van der Waals surface area (Å²) in [6.07, 6.45) is 1.17. The predicted octanol–water partition coefficient (Wildman–Crippen LogP) is 5.80. The Morgan fingerprint density at radius 1 is 1.14 bits per heavy atom. The van der Waals surface area contributed by atoms with Gasteiger partial charge in [0, 0.05) is 21.2 Å². The normalized spacial score (nSPS) is 12.3. The maximum Gasteiger partial charge on any atom is 0.0292 e. The molecule has 2 rings (SSSR count). The Kier molecular flexibility index (Phi) is 6.81. The second-order valence-electron chi connectivity index (χ2n) is 5.13. The zero-order valence-corrected chi connectivity index (χ0v) is 15.0. The molecule has 1 nitrogen and oxygen atoms in total. The largest absolute Gasteiger partial charge is 0.310 e. The highest BCUT2D eigenvalue weighted by Crippen LogP contribution is 2.28. The number of rotatable bonds is 7. The molecule has 0 spiro atoms. The molecule has 0 bridgehead atoms. The average molecular weight is 364 g/mol. The summed E-state index contributed by atoms with van der Waals surface area (Å²) in [4.78, 5) is 1.33. The molecule has 21 heavy (non-hydrogen) atoms.